The van der Waals surface area contributed by atoms with E-state index in [-0.39, 0.29) is 11.8 Å². The molecule has 0 saturated heterocycles. The van der Waals surface area contributed by atoms with Gasteiger partial charge in [0.1, 0.15) is 5.01 Å². The fourth-order valence-electron chi connectivity index (χ4n) is 1.26. The number of nitrogen functional groups attached to an aromatic ring is 1. The number of nitrogens with one attached hydrogen (secondary N) is 1. The first-order valence-electron chi connectivity index (χ1n) is 5.14. The van der Waals surface area contributed by atoms with E-state index < -0.39 is 5.82 Å². The van der Waals surface area contributed by atoms with Crippen LogP contribution >= 0.6 is 11.3 Å². The highest BCUT2D eigenvalue weighted by Gasteiger charge is 2.06. The lowest BCUT2D eigenvalue weighted by Gasteiger charge is -2.04. The molecule has 90 valence electrons. The van der Waals surface area contributed by atoms with E-state index in [1.165, 1.54) is 4.88 Å². The summed E-state index contributed by atoms with van der Waals surface area (Å²) in [5.41, 5.74) is 5.38. The summed E-state index contributed by atoms with van der Waals surface area (Å²) < 4.78 is 13.3. The van der Waals surface area contributed by atoms with Crippen LogP contribution in [-0.2, 0) is 13.0 Å². The molecule has 0 atom stereocenters. The second-order valence-corrected chi connectivity index (χ2v) is 4.55. The maximum atomic E-state index is 13.3. The van der Waals surface area contributed by atoms with E-state index in [0.717, 1.165) is 17.6 Å². The van der Waals surface area contributed by atoms with E-state index in [4.69, 9.17) is 5.73 Å². The molecule has 0 unspecified atom stereocenters. The lowest BCUT2D eigenvalue weighted by atomic mass is 10.4. The van der Waals surface area contributed by atoms with Crippen LogP contribution in [0.15, 0.2) is 12.4 Å². The first-order chi connectivity index (χ1) is 8.19. The van der Waals surface area contributed by atoms with E-state index in [9.17, 15) is 4.39 Å². The first kappa shape index (κ1) is 11.7. The van der Waals surface area contributed by atoms with E-state index in [1.54, 1.807) is 11.3 Å². The standard InChI is InChI=1S/C10H12FN5S/c1-2-6-3-13-8(17-6)5-14-9-7(11)4-15-10(12)16-9/h3-4H,2,5H2,1H3,(H3,12,14,15,16). The van der Waals surface area contributed by atoms with Gasteiger partial charge in [0.25, 0.3) is 0 Å². The normalized spacial score (nSPS) is 10.5. The van der Waals surface area contributed by atoms with Gasteiger partial charge in [-0.1, -0.05) is 6.92 Å². The van der Waals surface area contributed by atoms with Crippen molar-refractivity contribution in [1.82, 2.24) is 15.0 Å². The molecule has 2 rings (SSSR count). The average Bonchev–Trinajstić information content (AvgIpc) is 2.78. The molecule has 0 fully saturated rings. The van der Waals surface area contributed by atoms with Crippen molar-refractivity contribution in [2.24, 2.45) is 0 Å². The maximum absolute atomic E-state index is 13.3. The van der Waals surface area contributed by atoms with Crippen molar-refractivity contribution in [3.8, 4) is 0 Å². The molecule has 17 heavy (non-hydrogen) atoms. The fraction of sp³-hybridized carbons (Fsp3) is 0.300. The Balaban J connectivity index is 2.04. The highest BCUT2D eigenvalue weighted by atomic mass is 32.1. The minimum absolute atomic E-state index is 0.0438. The van der Waals surface area contributed by atoms with E-state index in [0.29, 0.717) is 6.54 Å². The fourth-order valence-corrected chi connectivity index (χ4v) is 2.06. The molecule has 0 amide bonds. The third-order valence-corrected chi connectivity index (χ3v) is 3.26. The van der Waals surface area contributed by atoms with Gasteiger partial charge in [-0.3, -0.25) is 0 Å². The number of thiazole rings is 1. The number of rotatable bonds is 4. The van der Waals surface area contributed by atoms with Gasteiger partial charge < -0.3 is 11.1 Å². The zero-order valence-electron chi connectivity index (χ0n) is 9.27. The number of nitrogens with two attached hydrogens (primary N) is 1. The van der Waals surface area contributed by atoms with Gasteiger partial charge >= 0.3 is 0 Å². The first-order valence-corrected chi connectivity index (χ1v) is 5.96. The second-order valence-electron chi connectivity index (χ2n) is 3.35. The summed E-state index contributed by atoms with van der Waals surface area (Å²) in [6.45, 7) is 2.49. The Kier molecular flexibility index (Phi) is 3.48. The molecule has 0 aliphatic rings. The lowest BCUT2D eigenvalue weighted by Crippen LogP contribution is -2.06. The number of anilines is 2. The van der Waals surface area contributed by atoms with E-state index >= 15 is 0 Å². The molecular weight excluding hydrogens is 241 g/mol. The summed E-state index contributed by atoms with van der Waals surface area (Å²) in [7, 11) is 0. The Morgan fingerprint density at radius 1 is 1.41 bits per heavy atom. The summed E-state index contributed by atoms with van der Waals surface area (Å²) in [6.07, 6.45) is 3.82. The molecular formula is C10H12FN5S. The number of aromatic nitrogens is 3. The minimum atomic E-state index is -0.522. The van der Waals surface area contributed by atoms with Crippen LogP contribution in [0.3, 0.4) is 0 Å². The molecule has 0 aliphatic heterocycles. The van der Waals surface area contributed by atoms with Crippen LogP contribution in [-0.4, -0.2) is 15.0 Å². The van der Waals surface area contributed by atoms with Gasteiger partial charge in [0.05, 0.1) is 12.7 Å². The van der Waals surface area contributed by atoms with Crippen LogP contribution in [0.5, 0.6) is 0 Å². The van der Waals surface area contributed by atoms with Gasteiger partial charge in [-0.05, 0) is 6.42 Å². The zero-order chi connectivity index (χ0) is 12.3. The summed E-state index contributed by atoms with van der Waals surface area (Å²) in [5.74, 6) is -0.375. The summed E-state index contributed by atoms with van der Waals surface area (Å²) in [5, 5.41) is 3.74. The monoisotopic (exact) mass is 253 g/mol. The molecule has 0 aliphatic carbocycles. The topological polar surface area (TPSA) is 76.7 Å². The molecule has 0 saturated carbocycles. The van der Waals surface area contributed by atoms with Crippen molar-refractivity contribution in [3.63, 3.8) is 0 Å². The maximum Gasteiger partial charge on any atom is 0.222 e. The summed E-state index contributed by atoms with van der Waals surface area (Å²) in [4.78, 5) is 12.7. The average molecular weight is 253 g/mol. The predicted molar refractivity (Wildman–Crippen MR) is 65.2 cm³/mol. The highest BCUT2D eigenvalue weighted by Crippen LogP contribution is 2.16. The molecule has 0 aromatic carbocycles. The largest absolute Gasteiger partial charge is 0.368 e. The van der Waals surface area contributed by atoms with Gasteiger partial charge in [0.2, 0.25) is 5.95 Å². The Morgan fingerprint density at radius 3 is 2.94 bits per heavy atom. The molecule has 0 radical (unpaired) electrons. The van der Waals surface area contributed by atoms with Crippen molar-refractivity contribution < 1.29 is 4.39 Å². The van der Waals surface area contributed by atoms with Crippen LogP contribution in [0.4, 0.5) is 16.2 Å². The molecule has 5 nitrogen and oxygen atoms in total. The number of nitrogens with zero attached hydrogens (tertiary/aromatic N) is 3. The zero-order valence-corrected chi connectivity index (χ0v) is 10.1. The Labute approximate surface area is 102 Å². The van der Waals surface area contributed by atoms with Gasteiger partial charge in [-0.2, -0.15) is 4.98 Å². The van der Waals surface area contributed by atoms with Crippen molar-refractivity contribution in [1.29, 1.82) is 0 Å². The van der Waals surface area contributed by atoms with Crippen LogP contribution < -0.4 is 11.1 Å². The van der Waals surface area contributed by atoms with Crippen molar-refractivity contribution in [2.45, 2.75) is 19.9 Å². The smallest absolute Gasteiger partial charge is 0.222 e. The number of halogens is 1. The molecule has 7 heteroatoms. The van der Waals surface area contributed by atoms with Crippen molar-refractivity contribution in [3.05, 3.63) is 28.1 Å². The molecule has 2 aromatic heterocycles. The Hall–Kier alpha value is -1.76. The summed E-state index contributed by atoms with van der Waals surface area (Å²) in [6, 6.07) is 0. The molecule has 0 bridgehead atoms. The third-order valence-electron chi connectivity index (χ3n) is 2.12. The quantitative estimate of drug-likeness (QED) is 0.869. The van der Waals surface area contributed by atoms with Crippen molar-refractivity contribution in [2.75, 3.05) is 11.1 Å². The van der Waals surface area contributed by atoms with Crippen LogP contribution in [0, 0.1) is 5.82 Å². The molecule has 2 aromatic rings. The SMILES string of the molecule is CCc1cnc(CNc2nc(N)ncc2F)s1. The van der Waals surface area contributed by atoms with Crippen LogP contribution in [0.1, 0.15) is 16.8 Å². The van der Waals surface area contributed by atoms with Gasteiger partial charge in [-0.25, -0.2) is 14.4 Å². The van der Waals surface area contributed by atoms with Gasteiger partial charge in [0, 0.05) is 11.1 Å². The van der Waals surface area contributed by atoms with E-state index in [1.807, 2.05) is 6.20 Å². The van der Waals surface area contributed by atoms with Gasteiger partial charge in [-0.15, -0.1) is 11.3 Å². The lowest BCUT2D eigenvalue weighted by molar-refractivity contribution is 0.617. The highest BCUT2D eigenvalue weighted by molar-refractivity contribution is 7.11. The number of aryl methyl sites for hydroxylation is 1. The predicted octanol–water partition coefficient (Wildman–Crippen LogP) is 1.83. The third kappa shape index (κ3) is 2.88. The number of hydrogen-bond donors (Lipinski definition) is 2. The Bertz CT molecular complexity index is 513. The molecule has 0 spiro atoms. The van der Waals surface area contributed by atoms with Crippen LogP contribution in [0.2, 0.25) is 0 Å². The van der Waals surface area contributed by atoms with Gasteiger partial charge in [0.15, 0.2) is 11.6 Å². The van der Waals surface area contributed by atoms with Crippen LogP contribution in [0.25, 0.3) is 0 Å². The number of hydrogen-bond acceptors (Lipinski definition) is 6. The second kappa shape index (κ2) is 5.05. The summed E-state index contributed by atoms with van der Waals surface area (Å²) >= 11 is 1.59. The molecule has 2 heterocycles. The minimum Gasteiger partial charge on any atom is -0.368 e. The molecule has 3 N–H and O–H groups in total. The van der Waals surface area contributed by atoms with Crippen molar-refractivity contribution >= 4 is 23.1 Å². The van der Waals surface area contributed by atoms with E-state index in [2.05, 4.69) is 27.2 Å². The Morgan fingerprint density at radius 2 is 2.24 bits per heavy atom.